The fourth-order valence-electron chi connectivity index (χ4n) is 3.23. The summed E-state index contributed by atoms with van der Waals surface area (Å²) in [7, 11) is 0. The average Bonchev–Trinajstić information content (AvgIpc) is 2.85. The van der Waals surface area contributed by atoms with Crippen molar-refractivity contribution < 1.29 is 14.3 Å². The molecule has 1 aromatic rings. The Kier molecular flexibility index (Phi) is 2.76. The van der Waals surface area contributed by atoms with Crippen LogP contribution in [0.15, 0.2) is 16.5 Å². The van der Waals surface area contributed by atoms with Gasteiger partial charge in [-0.1, -0.05) is 0 Å². The Labute approximate surface area is 100 Å². The largest absolute Gasteiger partial charge is 0.457 e. The van der Waals surface area contributed by atoms with Crippen molar-refractivity contribution in [3.63, 3.8) is 0 Å². The fourth-order valence-corrected chi connectivity index (χ4v) is 3.23. The Hall–Kier alpha value is -1.13. The first-order chi connectivity index (χ1) is 8.26. The van der Waals surface area contributed by atoms with Gasteiger partial charge in [-0.2, -0.15) is 0 Å². The first-order valence-electron chi connectivity index (χ1n) is 6.24. The fraction of sp³-hybridized carbons (Fsp3) is 0.615. The minimum Gasteiger partial charge on any atom is -0.457 e. The molecule has 2 saturated heterocycles. The zero-order chi connectivity index (χ0) is 11.8. The maximum atomic E-state index is 10.6. The highest BCUT2D eigenvalue weighted by Gasteiger charge is 2.40. The molecule has 0 aromatic carbocycles. The minimum absolute atomic E-state index is 0.133. The summed E-state index contributed by atoms with van der Waals surface area (Å²) in [5, 5.41) is 9.72. The van der Waals surface area contributed by atoms with Crippen LogP contribution in [0.4, 0.5) is 0 Å². The molecule has 0 spiro atoms. The highest BCUT2D eigenvalue weighted by atomic mass is 16.3. The Balaban J connectivity index is 1.71. The Morgan fingerprint density at radius 1 is 1.35 bits per heavy atom. The second-order valence-electron chi connectivity index (χ2n) is 5.10. The van der Waals surface area contributed by atoms with E-state index in [2.05, 4.69) is 4.90 Å². The molecule has 0 amide bonds. The molecule has 4 heteroatoms. The summed E-state index contributed by atoms with van der Waals surface area (Å²) in [5.41, 5.74) is 0. The van der Waals surface area contributed by atoms with Gasteiger partial charge in [0.05, 0.1) is 12.6 Å². The van der Waals surface area contributed by atoms with Crippen LogP contribution in [0.3, 0.4) is 0 Å². The summed E-state index contributed by atoms with van der Waals surface area (Å²) in [6, 6.07) is 4.54. The number of hydrogen-bond donors (Lipinski definition) is 1. The van der Waals surface area contributed by atoms with Crippen LogP contribution in [-0.2, 0) is 6.54 Å². The van der Waals surface area contributed by atoms with Crippen molar-refractivity contribution in [1.29, 1.82) is 0 Å². The van der Waals surface area contributed by atoms with Crippen LogP contribution in [0, 0.1) is 0 Å². The van der Waals surface area contributed by atoms with Gasteiger partial charge >= 0.3 is 0 Å². The van der Waals surface area contributed by atoms with Gasteiger partial charge in [0.15, 0.2) is 12.0 Å². The Morgan fingerprint density at radius 2 is 2.06 bits per heavy atom. The molecule has 2 fully saturated rings. The summed E-state index contributed by atoms with van der Waals surface area (Å²) in [6.45, 7) is 0.760. The van der Waals surface area contributed by atoms with Crippen molar-refractivity contribution >= 4 is 6.29 Å². The van der Waals surface area contributed by atoms with Gasteiger partial charge in [-0.15, -0.1) is 0 Å². The third-order valence-corrected chi connectivity index (χ3v) is 4.00. The number of aliphatic hydroxyl groups is 1. The second-order valence-corrected chi connectivity index (χ2v) is 5.10. The molecule has 2 unspecified atom stereocenters. The van der Waals surface area contributed by atoms with Crippen LogP contribution in [-0.4, -0.2) is 34.5 Å². The van der Waals surface area contributed by atoms with E-state index in [1.807, 2.05) is 6.07 Å². The van der Waals surface area contributed by atoms with Gasteiger partial charge in [-0.25, -0.2) is 0 Å². The van der Waals surface area contributed by atoms with Gasteiger partial charge in [0.25, 0.3) is 0 Å². The van der Waals surface area contributed by atoms with Crippen molar-refractivity contribution in [2.24, 2.45) is 0 Å². The van der Waals surface area contributed by atoms with Gasteiger partial charge in [0, 0.05) is 12.1 Å². The number of furan rings is 1. The lowest BCUT2D eigenvalue weighted by molar-refractivity contribution is 0.0274. The molecule has 2 atom stereocenters. The molecule has 2 aliphatic heterocycles. The maximum absolute atomic E-state index is 10.6. The maximum Gasteiger partial charge on any atom is 0.185 e. The number of hydrogen-bond acceptors (Lipinski definition) is 4. The van der Waals surface area contributed by atoms with Gasteiger partial charge in [-0.3, -0.25) is 9.69 Å². The molecular weight excluding hydrogens is 218 g/mol. The number of nitrogens with zero attached hydrogens (tertiary/aromatic N) is 1. The van der Waals surface area contributed by atoms with Crippen LogP contribution in [0.5, 0.6) is 0 Å². The monoisotopic (exact) mass is 235 g/mol. The SMILES string of the molecule is O=Cc1ccc(CN2C3CCC2CC(O)C3)o1. The van der Waals surface area contributed by atoms with Gasteiger partial charge in [0.2, 0.25) is 0 Å². The van der Waals surface area contributed by atoms with Crippen LogP contribution >= 0.6 is 0 Å². The van der Waals surface area contributed by atoms with E-state index in [0.717, 1.165) is 31.4 Å². The molecule has 4 nitrogen and oxygen atoms in total. The standard InChI is InChI=1S/C13H17NO3/c15-8-13-4-3-12(17-13)7-14-9-1-2-10(14)6-11(16)5-9/h3-4,8-11,16H,1-2,5-7H2. The van der Waals surface area contributed by atoms with Crippen molar-refractivity contribution in [1.82, 2.24) is 4.90 Å². The third kappa shape index (κ3) is 2.03. The molecule has 1 aromatic heterocycles. The number of carbonyl (C=O) groups excluding carboxylic acids is 1. The topological polar surface area (TPSA) is 53.7 Å². The normalized spacial score (nSPS) is 32.9. The summed E-state index contributed by atoms with van der Waals surface area (Å²) in [6.07, 6.45) is 4.69. The van der Waals surface area contributed by atoms with E-state index in [-0.39, 0.29) is 6.10 Å². The molecule has 1 N–H and O–H groups in total. The molecule has 0 saturated carbocycles. The molecule has 92 valence electrons. The Bertz CT molecular complexity index is 401. The highest BCUT2D eigenvalue weighted by molar-refractivity contribution is 5.70. The molecule has 2 bridgehead atoms. The summed E-state index contributed by atoms with van der Waals surface area (Å²) in [5.74, 6) is 1.24. The number of fused-ring (bicyclic) bond motifs is 2. The van der Waals surface area contributed by atoms with Gasteiger partial charge in [0.1, 0.15) is 5.76 Å². The summed E-state index contributed by atoms with van der Waals surface area (Å²) >= 11 is 0. The number of rotatable bonds is 3. The number of carbonyl (C=O) groups is 1. The van der Waals surface area contributed by atoms with Crippen molar-refractivity contribution in [2.75, 3.05) is 0 Å². The second kappa shape index (κ2) is 4.27. The zero-order valence-corrected chi connectivity index (χ0v) is 9.71. The first-order valence-corrected chi connectivity index (χ1v) is 6.24. The van der Waals surface area contributed by atoms with E-state index in [4.69, 9.17) is 4.42 Å². The zero-order valence-electron chi connectivity index (χ0n) is 9.71. The van der Waals surface area contributed by atoms with E-state index in [9.17, 15) is 9.90 Å². The van der Waals surface area contributed by atoms with E-state index in [1.165, 1.54) is 12.8 Å². The molecule has 17 heavy (non-hydrogen) atoms. The van der Waals surface area contributed by atoms with Crippen molar-refractivity contribution in [3.8, 4) is 0 Å². The molecule has 3 heterocycles. The predicted octanol–water partition coefficient (Wildman–Crippen LogP) is 1.58. The summed E-state index contributed by atoms with van der Waals surface area (Å²) in [4.78, 5) is 13.0. The van der Waals surface area contributed by atoms with Gasteiger partial charge in [-0.05, 0) is 37.8 Å². The highest BCUT2D eigenvalue weighted by Crippen LogP contribution is 2.36. The van der Waals surface area contributed by atoms with Crippen molar-refractivity contribution in [2.45, 2.75) is 50.4 Å². The number of piperidine rings is 1. The lowest BCUT2D eigenvalue weighted by atomic mass is 10.00. The van der Waals surface area contributed by atoms with E-state index in [1.54, 1.807) is 6.07 Å². The van der Waals surface area contributed by atoms with E-state index in [0.29, 0.717) is 17.8 Å². The van der Waals surface area contributed by atoms with Gasteiger partial charge < -0.3 is 9.52 Å². The number of aldehydes is 1. The van der Waals surface area contributed by atoms with Crippen LogP contribution in [0.2, 0.25) is 0 Å². The lowest BCUT2D eigenvalue weighted by Gasteiger charge is -2.36. The minimum atomic E-state index is -0.133. The average molecular weight is 235 g/mol. The molecule has 2 aliphatic rings. The lowest BCUT2D eigenvalue weighted by Crippen LogP contribution is -2.43. The number of aliphatic hydroxyl groups excluding tert-OH is 1. The predicted molar refractivity (Wildman–Crippen MR) is 61.7 cm³/mol. The summed E-state index contributed by atoms with van der Waals surface area (Å²) < 4.78 is 5.41. The van der Waals surface area contributed by atoms with E-state index >= 15 is 0 Å². The Morgan fingerprint density at radius 3 is 2.65 bits per heavy atom. The van der Waals surface area contributed by atoms with Crippen LogP contribution in [0.25, 0.3) is 0 Å². The molecule has 0 radical (unpaired) electrons. The van der Waals surface area contributed by atoms with E-state index < -0.39 is 0 Å². The quantitative estimate of drug-likeness (QED) is 0.808. The first kappa shape index (κ1) is 11.0. The van der Waals surface area contributed by atoms with Crippen LogP contribution < -0.4 is 0 Å². The smallest absolute Gasteiger partial charge is 0.185 e. The third-order valence-electron chi connectivity index (χ3n) is 4.00. The van der Waals surface area contributed by atoms with Crippen LogP contribution in [0.1, 0.15) is 42.0 Å². The molecule has 0 aliphatic carbocycles. The molecule has 3 rings (SSSR count). The van der Waals surface area contributed by atoms with Crippen molar-refractivity contribution in [3.05, 3.63) is 23.7 Å². The molecular formula is C13H17NO3.